The van der Waals surface area contributed by atoms with Crippen molar-refractivity contribution in [2.45, 2.75) is 19.6 Å². The van der Waals surface area contributed by atoms with E-state index in [0.29, 0.717) is 28.5 Å². The third kappa shape index (κ3) is 3.67. The summed E-state index contributed by atoms with van der Waals surface area (Å²) in [4.78, 5) is 34.0. The number of carbonyl (C=O) groups is 1. The Kier molecular flexibility index (Phi) is 4.54. The SMILES string of the molecule is Cc1ccc(C(=O)Cn2cc(C(F)(F)F)ccc2=O)cc1[N+](=O)[O-]. The predicted molar refractivity (Wildman–Crippen MR) is 77.9 cm³/mol. The molecule has 2 rings (SSSR count). The largest absolute Gasteiger partial charge is 0.417 e. The van der Waals surface area contributed by atoms with Crippen LogP contribution in [0.1, 0.15) is 21.5 Å². The number of nitrogens with zero attached hydrogens (tertiary/aromatic N) is 2. The minimum Gasteiger partial charge on any atom is -0.307 e. The van der Waals surface area contributed by atoms with Gasteiger partial charge >= 0.3 is 6.18 Å². The first-order chi connectivity index (χ1) is 11.1. The number of pyridine rings is 1. The van der Waals surface area contributed by atoms with Crippen molar-refractivity contribution in [1.29, 1.82) is 0 Å². The van der Waals surface area contributed by atoms with E-state index in [1.165, 1.54) is 19.1 Å². The number of hydrogen-bond donors (Lipinski definition) is 0. The summed E-state index contributed by atoms with van der Waals surface area (Å²) in [5.74, 6) is -0.709. The van der Waals surface area contributed by atoms with Crippen molar-refractivity contribution in [1.82, 2.24) is 4.57 Å². The molecule has 0 amide bonds. The van der Waals surface area contributed by atoms with Gasteiger partial charge < -0.3 is 4.57 Å². The van der Waals surface area contributed by atoms with Crippen molar-refractivity contribution >= 4 is 11.5 Å². The van der Waals surface area contributed by atoms with Gasteiger partial charge in [0.15, 0.2) is 5.78 Å². The molecular weight excluding hydrogens is 329 g/mol. The molecular formula is C15H11F3N2O4. The van der Waals surface area contributed by atoms with Crippen LogP contribution in [-0.2, 0) is 12.7 Å². The number of benzene rings is 1. The number of carbonyl (C=O) groups excluding carboxylic acids is 1. The van der Waals surface area contributed by atoms with Crippen LogP contribution in [0.25, 0.3) is 0 Å². The van der Waals surface area contributed by atoms with Gasteiger partial charge in [0.2, 0.25) is 0 Å². The maximum Gasteiger partial charge on any atom is 0.417 e. The summed E-state index contributed by atoms with van der Waals surface area (Å²) in [7, 11) is 0. The molecule has 0 saturated heterocycles. The van der Waals surface area contributed by atoms with Crippen LogP contribution in [-0.4, -0.2) is 15.3 Å². The number of aryl methyl sites for hydroxylation is 1. The zero-order valence-electron chi connectivity index (χ0n) is 12.3. The number of Topliss-reactive ketones (excluding diaryl/α,β-unsaturated/α-hetero) is 1. The number of nitro groups is 1. The second-order valence-corrected chi connectivity index (χ2v) is 5.06. The van der Waals surface area contributed by atoms with Crippen molar-refractivity contribution < 1.29 is 22.9 Å². The predicted octanol–water partition coefficient (Wildman–Crippen LogP) is 2.97. The van der Waals surface area contributed by atoms with Crippen molar-refractivity contribution in [2.24, 2.45) is 0 Å². The van der Waals surface area contributed by atoms with E-state index >= 15 is 0 Å². The Labute approximate surface area is 133 Å². The van der Waals surface area contributed by atoms with Gasteiger partial charge in [-0.05, 0) is 13.0 Å². The Bertz CT molecular complexity index is 872. The minimum atomic E-state index is -4.65. The lowest BCUT2D eigenvalue weighted by Gasteiger charge is -2.10. The van der Waals surface area contributed by atoms with E-state index < -0.39 is 34.6 Å². The van der Waals surface area contributed by atoms with Gasteiger partial charge in [0, 0.05) is 29.5 Å². The first-order valence-corrected chi connectivity index (χ1v) is 6.65. The van der Waals surface area contributed by atoms with Crippen LogP contribution in [0, 0.1) is 17.0 Å². The Balaban J connectivity index is 2.35. The fourth-order valence-electron chi connectivity index (χ4n) is 2.05. The lowest BCUT2D eigenvalue weighted by molar-refractivity contribution is -0.385. The molecule has 0 saturated carbocycles. The molecule has 0 atom stereocenters. The number of hydrogen-bond acceptors (Lipinski definition) is 4. The maximum atomic E-state index is 12.7. The third-order valence-corrected chi connectivity index (χ3v) is 3.35. The highest BCUT2D eigenvalue weighted by Gasteiger charge is 2.31. The van der Waals surface area contributed by atoms with Crippen LogP contribution < -0.4 is 5.56 Å². The number of ketones is 1. The second kappa shape index (κ2) is 6.26. The van der Waals surface area contributed by atoms with Gasteiger partial charge in [-0.2, -0.15) is 13.2 Å². The molecule has 1 aromatic heterocycles. The Morgan fingerprint density at radius 3 is 2.50 bits per heavy atom. The first-order valence-electron chi connectivity index (χ1n) is 6.65. The molecule has 6 nitrogen and oxygen atoms in total. The molecule has 0 radical (unpaired) electrons. The molecule has 2 aromatic rings. The highest BCUT2D eigenvalue weighted by Crippen LogP contribution is 2.28. The van der Waals surface area contributed by atoms with Crippen molar-refractivity contribution in [3.8, 4) is 0 Å². The first kappa shape index (κ1) is 17.4. The van der Waals surface area contributed by atoms with Crippen LogP contribution in [0.15, 0.2) is 41.3 Å². The molecule has 24 heavy (non-hydrogen) atoms. The number of aromatic nitrogens is 1. The molecule has 0 spiro atoms. The van der Waals surface area contributed by atoms with Gasteiger partial charge in [0.1, 0.15) is 0 Å². The standard InChI is InChI=1S/C15H11F3N2O4/c1-9-2-3-10(6-12(9)20(23)24)13(21)8-19-7-11(15(16,17)18)4-5-14(19)22/h2-7H,8H2,1H3. The summed E-state index contributed by atoms with van der Waals surface area (Å²) in [6, 6.07) is 5.06. The molecule has 0 unspecified atom stereocenters. The molecule has 0 aliphatic carbocycles. The van der Waals surface area contributed by atoms with Crippen molar-refractivity contribution in [2.75, 3.05) is 0 Å². The number of alkyl halides is 3. The quantitative estimate of drug-likeness (QED) is 0.487. The zero-order chi connectivity index (χ0) is 18.1. The van der Waals surface area contributed by atoms with E-state index in [1.807, 2.05) is 0 Å². The Morgan fingerprint density at radius 2 is 1.92 bits per heavy atom. The molecule has 0 fully saturated rings. The summed E-state index contributed by atoms with van der Waals surface area (Å²) in [6.45, 7) is 0.840. The normalized spacial score (nSPS) is 11.3. The van der Waals surface area contributed by atoms with Crippen LogP contribution in [0.3, 0.4) is 0 Å². The van der Waals surface area contributed by atoms with Crippen LogP contribution >= 0.6 is 0 Å². The molecule has 1 heterocycles. The summed E-state index contributed by atoms with van der Waals surface area (Å²) >= 11 is 0. The van der Waals surface area contributed by atoms with Gasteiger partial charge in [-0.1, -0.05) is 12.1 Å². The molecule has 126 valence electrons. The average Bonchev–Trinajstić information content (AvgIpc) is 2.48. The average molecular weight is 340 g/mol. The Morgan fingerprint density at radius 1 is 1.25 bits per heavy atom. The molecule has 0 aliphatic heterocycles. The minimum absolute atomic E-state index is 0.0587. The fraction of sp³-hybridized carbons (Fsp3) is 0.200. The van der Waals surface area contributed by atoms with E-state index in [1.54, 1.807) is 0 Å². The van der Waals surface area contributed by atoms with Crippen LogP contribution in [0.2, 0.25) is 0 Å². The second-order valence-electron chi connectivity index (χ2n) is 5.06. The van der Waals surface area contributed by atoms with Gasteiger partial charge in [-0.3, -0.25) is 19.7 Å². The smallest absolute Gasteiger partial charge is 0.307 e. The maximum absolute atomic E-state index is 12.7. The fourth-order valence-corrected chi connectivity index (χ4v) is 2.05. The lowest BCUT2D eigenvalue weighted by atomic mass is 10.1. The summed E-state index contributed by atoms with van der Waals surface area (Å²) in [5.41, 5.74) is -1.84. The summed E-state index contributed by atoms with van der Waals surface area (Å²) < 4.78 is 38.6. The molecule has 9 heteroatoms. The van der Waals surface area contributed by atoms with Crippen LogP contribution in [0.4, 0.5) is 18.9 Å². The van der Waals surface area contributed by atoms with E-state index in [2.05, 4.69) is 0 Å². The summed E-state index contributed by atoms with van der Waals surface area (Å²) in [6.07, 6.45) is -4.11. The van der Waals surface area contributed by atoms with Crippen molar-refractivity contribution in [3.05, 3.63) is 73.7 Å². The van der Waals surface area contributed by atoms with E-state index in [0.717, 1.165) is 6.07 Å². The highest BCUT2D eigenvalue weighted by atomic mass is 19.4. The third-order valence-electron chi connectivity index (χ3n) is 3.35. The summed E-state index contributed by atoms with van der Waals surface area (Å²) in [5, 5.41) is 10.9. The van der Waals surface area contributed by atoms with Gasteiger partial charge in [0.05, 0.1) is 17.0 Å². The number of nitro benzene ring substituents is 1. The van der Waals surface area contributed by atoms with Gasteiger partial charge in [0.25, 0.3) is 11.2 Å². The number of rotatable bonds is 4. The zero-order valence-corrected chi connectivity index (χ0v) is 12.3. The molecule has 0 N–H and O–H groups in total. The lowest BCUT2D eigenvalue weighted by Crippen LogP contribution is -2.25. The van der Waals surface area contributed by atoms with Crippen molar-refractivity contribution in [3.63, 3.8) is 0 Å². The van der Waals surface area contributed by atoms with Gasteiger partial charge in [-0.15, -0.1) is 0 Å². The van der Waals surface area contributed by atoms with E-state index in [-0.39, 0.29) is 11.3 Å². The molecule has 0 aliphatic rings. The Hall–Kier alpha value is -2.97. The molecule has 1 aromatic carbocycles. The van der Waals surface area contributed by atoms with Gasteiger partial charge in [-0.25, -0.2) is 0 Å². The topological polar surface area (TPSA) is 82.2 Å². The van der Waals surface area contributed by atoms with Crippen LogP contribution in [0.5, 0.6) is 0 Å². The molecule has 0 bridgehead atoms. The van der Waals surface area contributed by atoms with E-state index in [4.69, 9.17) is 0 Å². The monoisotopic (exact) mass is 340 g/mol. The highest BCUT2D eigenvalue weighted by molar-refractivity contribution is 5.96. The van der Waals surface area contributed by atoms with E-state index in [9.17, 15) is 32.9 Å². The number of halogens is 3.